The van der Waals surface area contributed by atoms with Crippen LogP contribution in [-0.4, -0.2) is 16.8 Å². The van der Waals surface area contributed by atoms with Crippen LogP contribution in [0.15, 0.2) is 42.5 Å². The first kappa shape index (κ1) is 18.9. The molecule has 0 spiro atoms. The summed E-state index contributed by atoms with van der Waals surface area (Å²) >= 11 is 0. The second-order valence-corrected chi connectivity index (χ2v) is 5.93. The van der Waals surface area contributed by atoms with Crippen LogP contribution in [0, 0.1) is 23.3 Å². The number of nitrogens with zero attached hydrogens (tertiary/aromatic N) is 2. The predicted octanol–water partition coefficient (Wildman–Crippen LogP) is 3.79. The first-order valence-electron chi connectivity index (χ1n) is 8.18. The Morgan fingerprint density at radius 1 is 0.963 bits per heavy atom. The van der Waals surface area contributed by atoms with Crippen LogP contribution < -0.4 is 10.1 Å². The molecule has 4 nitrogen and oxygen atoms in total. The van der Waals surface area contributed by atoms with E-state index in [1.807, 2.05) is 0 Å². The van der Waals surface area contributed by atoms with Crippen molar-refractivity contribution in [2.75, 3.05) is 7.05 Å². The molecule has 3 aromatic rings. The molecule has 0 bridgehead atoms. The zero-order chi connectivity index (χ0) is 19.4. The molecule has 0 aliphatic rings. The van der Waals surface area contributed by atoms with Gasteiger partial charge in [0.15, 0.2) is 11.6 Å². The van der Waals surface area contributed by atoms with Gasteiger partial charge in [0.2, 0.25) is 5.88 Å². The molecule has 0 saturated carbocycles. The number of hydrogen-bond acceptors (Lipinski definition) is 3. The van der Waals surface area contributed by atoms with Gasteiger partial charge in [0.25, 0.3) is 0 Å². The lowest BCUT2D eigenvalue weighted by atomic mass is 10.2. The summed E-state index contributed by atoms with van der Waals surface area (Å²) in [6, 6.07) is 8.82. The number of nitrogens with one attached hydrogen (secondary N) is 1. The Labute approximate surface area is 153 Å². The number of hydrogen-bond donors (Lipinski definition) is 1. The summed E-state index contributed by atoms with van der Waals surface area (Å²) in [6.45, 7) is 0.489. The van der Waals surface area contributed by atoms with E-state index in [9.17, 15) is 17.6 Å². The summed E-state index contributed by atoms with van der Waals surface area (Å²) in [6.07, 6.45) is 0. The van der Waals surface area contributed by atoms with E-state index in [-0.39, 0.29) is 18.0 Å². The highest BCUT2D eigenvalue weighted by atomic mass is 19.2. The predicted molar refractivity (Wildman–Crippen MR) is 91.1 cm³/mol. The lowest BCUT2D eigenvalue weighted by Gasteiger charge is -2.10. The second kappa shape index (κ2) is 8.22. The van der Waals surface area contributed by atoms with Gasteiger partial charge >= 0.3 is 0 Å². The van der Waals surface area contributed by atoms with E-state index in [2.05, 4.69) is 10.4 Å². The molecule has 0 radical (unpaired) electrons. The standard InChI is InChI=1S/C19H17F4N3O/c1-24-9-15-7-19(26(25-15)10-12-2-4-14(20)5-3-12)27-11-13-6-17(22)18(23)8-16(13)21/h2-8,24H,9-11H2,1H3. The SMILES string of the molecule is CNCc1cc(OCc2cc(F)c(F)cc2F)n(Cc2ccc(F)cc2)n1. The second-order valence-electron chi connectivity index (χ2n) is 5.93. The molecule has 0 fully saturated rings. The van der Waals surface area contributed by atoms with Gasteiger partial charge in [-0.2, -0.15) is 5.10 Å². The Morgan fingerprint density at radius 3 is 2.37 bits per heavy atom. The minimum Gasteiger partial charge on any atom is -0.473 e. The van der Waals surface area contributed by atoms with Crippen molar-refractivity contribution in [1.82, 2.24) is 15.1 Å². The third kappa shape index (κ3) is 4.65. The Balaban J connectivity index is 1.81. The van der Waals surface area contributed by atoms with Crippen LogP contribution in [0.25, 0.3) is 0 Å². The number of rotatable bonds is 7. The van der Waals surface area contributed by atoms with Crippen molar-refractivity contribution in [2.24, 2.45) is 0 Å². The Hall–Kier alpha value is -2.87. The van der Waals surface area contributed by atoms with Crippen LogP contribution in [0.1, 0.15) is 16.8 Å². The van der Waals surface area contributed by atoms with Crippen molar-refractivity contribution in [2.45, 2.75) is 19.7 Å². The highest BCUT2D eigenvalue weighted by Gasteiger charge is 2.14. The molecule has 0 atom stereocenters. The summed E-state index contributed by atoms with van der Waals surface area (Å²) in [7, 11) is 1.76. The Kier molecular flexibility index (Phi) is 5.75. The molecule has 1 heterocycles. The van der Waals surface area contributed by atoms with Crippen molar-refractivity contribution in [3.8, 4) is 5.88 Å². The van der Waals surface area contributed by atoms with E-state index in [0.717, 1.165) is 11.6 Å². The van der Waals surface area contributed by atoms with E-state index < -0.39 is 17.5 Å². The average Bonchev–Trinajstić information content (AvgIpc) is 3.01. The zero-order valence-corrected chi connectivity index (χ0v) is 14.5. The number of benzene rings is 2. The molecule has 0 aliphatic carbocycles. The highest BCUT2D eigenvalue weighted by molar-refractivity contribution is 5.23. The minimum atomic E-state index is -1.26. The molecule has 0 saturated heterocycles. The van der Waals surface area contributed by atoms with Crippen LogP contribution in [0.5, 0.6) is 5.88 Å². The van der Waals surface area contributed by atoms with E-state index >= 15 is 0 Å². The fourth-order valence-corrected chi connectivity index (χ4v) is 2.54. The number of halogens is 4. The van der Waals surface area contributed by atoms with Crippen LogP contribution in [0.2, 0.25) is 0 Å². The quantitative estimate of drug-likeness (QED) is 0.502. The van der Waals surface area contributed by atoms with Gasteiger partial charge in [-0.05, 0) is 30.8 Å². The summed E-state index contributed by atoms with van der Waals surface area (Å²) < 4.78 is 60.4. The summed E-state index contributed by atoms with van der Waals surface area (Å²) in [5.41, 5.74) is 1.36. The Morgan fingerprint density at radius 2 is 1.67 bits per heavy atom. The number of aromatic nitrogens is 2. The average molecular weight is 379 g/mol. The summed E-state index contributed by atoms with van der Waals surface area (Å²) in [5, 5.41) is 7.35. The largest absolute Gasteiger partial charge is 0.473 e. The van der Waals surface area contributed by atoms with Gasteiger partial charge in [-0.25, -0.2) is 22.2 Å². The van der Waals surface area contributed by atoms with Crippen molar-refractivity contribution in [1.29, 1.82) is 0 Å². The van der Waals surface area contributed by atoms with Gasteiger partial charge in [0.05, 0.1) is 12.2 Å². The van der Waals surface area contributed by atoms with Crippen LogP contribution >= 0.6 is 0 Å². The lowest BCUT2D eigenvalue weighted by molar-refractivity contribution is 0.269. The molecule has 3 rings (SSSR count). The van der Waals surface area contributed by atoms with Gasteiger partial charge in [-0.1, -0.05) is 12.1 Å². The van der Waals surface area contributed by atoms with E-state index in [1.54, 1.807) is 25.2 Å². The van der Waals surface area contributed by atoms with Crippen LogP contribution in [-0.2, 0) is 19.7 Å². The molecule has 0 unspecified atom stereocenters. The summed E-state index contributed by atoms with van der Waals surface area (Å²) in [4.78, 5) is 0. The van der Waals surface area contributed by atoms with Crippen molar-refractivity contribution in [3.63, 3.8) is 0 Å². The smallest absolute Gasteiger partial charge is 0.212 e. The summed E-state index contributed by atoms with van der Waals surface area (Å²) in [5.74, 6) is -3.32. The Bertz CT molecular complexity index is 925. The van der Waals surface area contributed by atoms with Crippen molar-refractivity contribution < 1.29 is 22.3 Å². The van der Waals surface area contributed by atoms with Gasteiger partial charge in [0, 0.05) is 24.2 Å². The molecular formula is C19H17F4N3O. The van der Waals surface area contributed by atoms with Crippen molar-refractivity contribution >= 4 is 0 Å². The monoisotopic (exact) mass is 379 g/mol. The van der Waals surface area contributed by atoms with Gasteiger partial charge in [-0.15, -0.1) is 0 Å². The van der Waals surface area contributed by atoms with E-state index in [0.29, 0.717) is 30.7 Å². The zero-order valence-electron chi connectivity index (χ0n) is 14.5. The molecule has 142 valence electrons. The van der Waals surface area contributed by atoms with Crippen molar-refractivity contribution in [3.05, 3.63) is 82.6 Å². The maximum atomic E-state index is 13.8. The first-order valence-corrected chi connectivity index (χ1v) is 8.18. The number of ether oxygens (including phenoxy) is 1. The molecule has 2 aromatic carbocycles. The van der Waals surface area contributed by atoms with Crippen LogP contribution in [0.4, 0.5) is 17.6 Å². The molecule has 27 heavy (non-hydrogen) atoms. The topological polar surface area (TPSA) is 39.1 Å². The first-order chi connectivity index (χ1) is 13.0. The third-order valence-electron chi connectivity index (χ3n) is 3.86. The molecule has 8 heteroatoms. The molecule has 0 aliphatic heterocycles. The maximum Gasteiger partial charge on any atom is 0.212 e. The van der Waals surface area contributed by atoms with Crippen LogP contribution in [0.3, 0.4) is 0 Å². The molecule has 1 N–H and O–H groups in total. The fourth-order valence-electron chi connectivity index (χ4n) is 2.54. The fraction of sp³-hybridized carbons (Fsp3) is 0.211. The lowest BCUT2D eigenvalue weighted by Crippen LogP contribution is -2.09. The van der Waals surface area contributed by atoms with Gasteiger partial charge < -0.3 is 10.1 Å². The molecule has 0 amide bonds. The highest BCUT2D eigenvalue weighted by Crippen LogP contribution is 2.20. The third-order valence-corrected chi connectivity index (χ3v) is 3.86. The van der Waals surface area contributed by atoms with E-state index in [1.165, 1.54) is 16.8 Å². The van der Waals surface area contributed by atoms with Gasteiger partial charge in [0.1, 0.15) is 18.2 Å². The van der Waals surface area contributed by atoms with Gasteiger partial charge in [-0.3, -0.25) is 0 Å². The normalized spacial score (nSPS) is 11.0. The maximum absolute atomic E-state index is 13.8. The molecular weight excluding hydrogens is 362 g/mol. The molecule has 1 aromatic heterocycles. The van der Waals surface area contributed by atoms with E-state index in [4.69, 9.17) is 4.74 Å². The minimum absolute atomic E-state index is 0.112.